The number of nitrogen functional groups attached to an aromatic ring is 2. The monoisotopic (exact) mass is 268 g/mol. The summed E-state index contributed by atoms with van der Waals surface area (Å²) in [6.07, 6.45) is -4.51. The molecular formula is C13H11F3N2O. The van der Waals surface area contributed by atoms with Crippen LogP contribution in [-0.2, 0) is 6.18 Å². The molecule has 6 heteroatoms. The number of alkyl halides is 3. The van der Waals surface area contributed by atoms with E-state index in [4.69, 9.17) is 16.2 Å². The quantitative estimate of drug-likeness (QED) is 0.817. The molecule has 2 aromatic carbocycles. The van der Waals surface area contributed by atoms with Gasteiger partial charge in [0.2, 0.25) is 0 Å². The van der Waals surface area contributed by atoms with Crippen molar-refractivity contribution in [2.45, 2.75) is 6.18 Å². The lowest BCUT2D eigenvalue weighted by atomic mass is 10.1. The summed E-state index contributed by atoms with van der Waals surface area (Å²) >= 11 is 0. The van der Waals surface area contributed by atoms with Gasteiger partial charge in [-0.2, -0.15) is 13.2 Å². The molecule has 0 heterocycles. The molecule has 0 atom stereocenters. The molecule has 100 valence electrons. The lowest BCUT2D eigenvalue weighted by Gasteiger charge is -2.12. The van der Waals surface area contributed by atoms with Gasteiger partial charge in [0.05, 0.1) is 5.56 Å². The molecule has 0 aliphatic carbocycles. The molecule has 2 aromatic rings. The Hall–Kier alpha value is -2.37. The minimum atomic E-state index is -4.51. The number of rotatable bonds is 2. The molecule has 0 aliphatic heterocycles. The van der Waals surface area contributed by atoms with Crippen LogP contribution in [0.3, 0.4) is 0 Å². The highest BCUT2D eigenvalue weighted by molar-refractivity contribution is 5.53. The standard InChI is InChI=1S/C13H11F3N2O/c14-13(15,16)11-7-10(4-5-12(11)18)19-9-3-1-2-8(17)6-9/h1-7H,17-18H2. The first-order chi connectivity index (χ1) is 8.86. The predicted octanol–water partition coefficient (Wildman–Crippen LogP) is 3.66. The lowest BCUT2D eigenvalue weighted by molar-refractivity contribution is -0.137. The van der Waals surface area contributed by atoms with Crippen molar-refractivity contribution in [2.75, 3.05) is 11.5 Å². The van der Waals surface area contributed by atoms with Crippen molar-refractivity contribution in [3.8, 4) is 11.5 Å². The number of halogens is 3. The molecule has 0 fully saturated rings. The maximum absolute atomic E-state index is 12.7. The second kappa shape index (κ2) is 4.72. The molecule has 0 spiro atoms. The summed E-state index contributed by atoms with van der Waals surface area (Å²) in [4.78, 5) is 0. The number of hydrogen-bond acceptors (Lipinski definition) is 3. The van der Waals surface area contributed by atoms with E-state index in [1.807, 2.05) is 0 Å². The smallest absolute Gasteiger partial charge is 0.418 e. The van der Waals surface area contributed by atoms with Crippen molar-refractivity contribution in [2.24, 2.45) is 0 Å². The Morgan fingerprint density at radius 2 is 1.58 bits per heavy atom. The molecule has 0 saturated carbocycles. The van der Waals surface area contributed by atoms with Crippen LogP contribution in [0.15, 0.2) is 42.5 Å². The van der Waals surface area contributed by atoms with E-state index < -0.39 is 11.7 Å². The largest absolute Gasteiger partial charge is 0.457 e. The first kappa shape index (κ1) is 13.1. The summed E-state index contributed by atoms with van der Waals surface area (Å²) in [7, 11) is 0. The van der Waals surface area contributed by atoms with E-state index in [1.165, 1.54) is 12.1 Å². The van der Waals surface area contributed by atoms with Crippen LogP contribution in [-0.4, -0.2) is 0 Å². The van der Waals surface area contributed by atoms with E-state index >= 15 is 0 Å². The Bertz CT molecular complexity index is 597. The minimum Gasteiger partial charge on any atom is -0.457 e. The van der Waals surface area contributed by atoms with E-state index in [2.05, 4.69) is 0 Å². The Kier molecular flexibility index (Phi) is 3.25. The summed E-state index contributed by atoms with van der Waals surface area (Å²) in [5.74, 6) is 0.407. The zero-order valence-corrected chi connectivity index (χ0v) is 9.74. The van der Waals surface area contributed by atoms with E-state index in [0.29, 0.717) is 11.4 Å². The fourth-order valence-electron chi connectivity index (χ4n) is 1.56. The fraction of sp³-hybridized carbons (Fsp3) is 0.0769. The molecule has 0 radical (unpaired) electrons. The van der Waals surface area contributed by atoms with Crippen molar-refractivity contribution in [3.63, 3.8) is 0 Å². The van der Waals surface area contributed by atoms with E-state index in [9.17, 15) is 13.2 Å². The molecule has 4 N–H and O–H groups in total. The summed E-state index contributed by atoms with van der Waals surface area (Å²) in [6.45, 7) is 0. The highest BCUT2D eigenvalue weighted by Crippen LogP contribution is 2.36. The van der Waals surface area contributed by atoms with Crippen molar-refractivity contribution in [1.29, 1.82) is 0 Å². The van der Waals surface area contributed by atoms with Crippen molar-refractivity contribution in [3.05, 3.63) is 48.0 Å². The Labute approximate surface area is 107 Å². The fourth-order valence-corrected chi connectivity index (χ4v) is 1.56. The third-order valence-electron chi connectivity index (χ3n) is 2.42. The number of nitrogens with two attached hydrogens (primary N) is 2. The molecule has 0 unspecified atom stereocenters. The van der Waals surface area contributed by atoms with Gasteiger partial charge < -0.3 is 16.2 Å². The van der Waals surface area contributed by atoms with Crippen molar-refractivity contribution < 1.29 is 17.9 Å². The van der Waals surface area contributed by atoms with Crippen LogP contribution in [0.5, 0.6) is 11.5 Å². The highest BCUT2D eigenvalue weighted by Gasteiger charge is 2.33. The van der Waals surface area contributed by atoms with Gasteiger partial charge in [-0.3, -0.25) is 0 Å². The van der Waals surface area contributed by atoms with Crippen LogP contribution in [0.4, 0.5) is 24.5 Å². The van der Waals surface area contributed by atoms with Crippen molar-refractivity contribution >= 4 is 11.4 Å². The number of anilines is 2. The highest BCUT2D eigenvalue weighted by atomic mass is 19.4. The van der Waals surface area contributed by atoms with E-state index in [-0.39, 0.29) is 11.4 Å². The molecule has 0 bridgehead atoms. The topological polar surface area (TPSA) is 61.3 Å². The van der Waals surface area contributed by atoms with Crippen LogP contribution in [0, 0.1) is 0 Å². The predicted molar refractivity (Wildman–Crippen MR) is 66.8 cm³/mol. The molecule has 0 saturated heterocycles. The van der Waals surface area contributed by atoms with Gasteiger partial charge in [0.1, 0.15) is 11.5 Å². The second-order valence-corrected chi connectivity index (χ2v) is 3.92. The number of ether oxygens (including phenoxy) is 1. The number of hydrogen-bond donors (Lipinski definition) is 2. The van der Waals surface area contributed by atoms with Crippen LogP contribution >= 0.6 is 0 Å². The van der Waals surface area contributed by atoms with Crippen LogP contribution in [0.1, 0.15) is 5.56 Å². The van der Waals surface area contributed by atoms with Crippen LogP contribution in [0.2, 0.25) is 0 Å². The Morgan fingerprint density at radius 1 is 0.895 bits per heavy atom. The second-order valence-electron chi connectivity index (χ2n) is 3.92. The summed E-state index contributed by atoms with van der Waals surface area (Å²) < 4.78 is 43.3. The van der Waals surface area contributed by atoms with Gasteiger partial charge in [-0.1, -0.05) is 6.07 Å². The third kappa shape index (κ3) is 3.09. The molecule has 0 aromatic heterocycles. The molecular weight excluding hydrogens is 257 g/mol. The number of benzene rings is 2. The van der Waals surface area contributed by atoms with Gasteiger partial charge in [-0.25, -0.2) is 0 Å². The molecule has 19 heavy (non-hydrogen) atoms. The lowest BCUT2D eigenvalue weighted by Crippen LogP contribution is -2.08. The normalized spacial score (nSPS) is 11.3. The van der Waals surface area contributed by atoms with E-state index in [1.54, 1.807) is 18.2 Å². The summed E-state index contributed by atoms with van der Waals surface area (Å²) in [5.41, 5.74) is 10.1. The van der Waals surface area contributed by atoms with Crippen molar-refractivity contribution in [1.82, 2.24) is 0 Å². The molecule has 0 amide bonds. The molecule has 3 nitrogen and oxygen atoms in total. The first-order valence-corrected chi connectivity index (χ1v) is 5.36. The maximum Gasteiger partial charge on any atom is 0.418 e. The SMILES string of the molecule is Nc1cccc(Oc2ccc(N)c(C(F)(F)F)c2)c1. The average molecular weight is 268 g/mol. The molecule has 0 aliphatic rings. The summed E-state index contributed by atoms with van der Waals surface area (Å²) in [5, 5.41) is 0. The van der Waals surface area contributed by atoms with Gasteiger partial charge in [0.25, 0.3) is 0 Å². The Morgan fingerprint density at radius 3 is 2.21 bits per heavy atom. The van der Waals surface area contributed by atoms with Gasteiger partial charge in [-0.05, 0) is 30.3 Å². The first-order valence-electron chi connectivity index (χ1n) is 5.36. The van der Waals surface area contributed by atoms with E-state index in [0.717, 1.165) is 12.1 Å². The van der Waals surface area contributed by atoms with Gasteiger partial charge in [-0.15, -0.1) is 0 Å². The Balaban J connectivity index is 2.32. The van der Waals surface area contributed by atoms with Gasteiger partial charge in [0.15, 0.2) is 0 Å². The zero-order valence-electron chi connectivity index (χ0n) is 9.74. The van der Waals surface area contributed by atoms with Crippen LogP contribution < -0.4 is 16.2 Å². The summed E-state index contributed by atoms with van der Waals surface area (Å²) in [6, 6.07) is 9.80. The van der Waals surface area contributed by atoms with Crippen LogP contribution in [0.25, 0.3) is 0 Å². The maximum atomic E-state index is 12.7. The minimum absolute atomic E-state index is 0.0483. The molecule has 2 rings (SSSR count). The third-order valence-corrected chi connectivity index (χ3v) is 2.42. The zero-order chi connectivity index (χ0) is 14.0. The average Bonchev–Trinajstić information content (AvgIpc) is 2.30. The van der Waals surface area contributed by atoms with Gasteiger partial charge in [0, 0.05) is 17.4 Å². The van der Waals surface area contributed by atoms with Gasteiger partial charge >= 0.3 is 6.18 Å².